The first kappa shape index (κ1) is 11.9. The summed E-state index contributed by atoms with van der Waals surface area (Å²) in [7, 11) is 0. The molecule has 1 aromatic heterocycles. The summed E-state index contributed by atoms with van der Waals surface area (Å²) < 4.78 is 0. The molecule has 0 aliphatic heterocycles. The van der Waals surface area contributed by atoms with Crippen LogP contribution in [0.4, 0.5) is 0 Å². The number of rotatable bonds is 1. The Bertz CT molecular complexity index is 736. The molecule has 1 heteroatoms. The number of para-hydroxylation sites is 1. The highest BCUT2D eigenvalue weighted by Crippen LogP contribution is 2.29. The third-order valence-corrected chi connectivity index (χ3v) is 3.38. The van der Waals surface area contributed by atoms with Crippen LogP contribution in [0.15, 0.2) is 48.5 Å². The van der Waals surface area contributed by atoms with Crippen LogP contribution in [0.3, 0.4) is 0 Å². The predicted molar refractivity (Wildman–Crippen MR) is 81.4 cm³/mol. The molecule has 3 rings (SSSR count). The molecule has 19 heavy (non-hydrogen) atoms. The topological polar surface area (TPSA) is 12.9 Å². The van der Waals surface area contributed by atoms with Crippen LogP contribution in [0.2, 0.25) is 0 Å². The van der Waals surface area contributed by atoms with Gasteiger partial charge in [0.1, 0.15) is 0 Å². The van der Waals surface area contributed by atoms with Gasteiger partial charge in [-0.15, -0.1) is 0 Å². The summed E-state index contributed by atoms with van der Waals surface area (Å²) in [4.78, 5) is 4.61. The van der Waals surface area contributed by atoms with E-state index in [1.807, 2.05) is 6.07 Å². The van der Waals surface area contributed by atoms with Gasteiger partial charge in [0.15, 0.2) is 0 Å². The number of pyridine rings is 1. The standard InChI is InChI=1S/C18H17N/c1-12-8-13(2)10-15(9-12)17-11-14(3)19-18-7-5-4-6-16(17)18/h4-11H,1-3H3. The van der Waals surface area contributed by atoms with Crippen molar-refractivity contribution in [1.82, 2.24) is 4.98 Å². The largest absolute Gasteiger partial charge is 0.253 e. The number of hydrogen-bond donors (Lipinski definition) is 0. The second kappa shape index (κ2) is 4.51. The molecule has 0 aliphatic carbocycles. The summed E-state index contributed by atoms with van der Waals surface area (Å²) in [5, 5.41) is 1.22. The molecule has 0 saturated carbocycles. The fraction of sp³-hybridized carbons (Fsp3) is 0.167. The van der Waals surface area contributed by atoms with Gasteiger partial charge in [-0.05, 0) is 44.0 Å². The number of aryl methyl sites for hydroxylation is 3. The molecule has 0 spiro atoms. The molecule has 1 heterocycles. The highest BCUT2D eigenvalue weighted by molar-refractivity contribution is 5.94. The second-order valence-electron chi connectivity index (χ2n) is 5.20. The van der Waals surface area contributed by atoms with Crippen molar-refractivity contribution in [1.29, 1.82) is 0 Å². The molecule has 0 amide bonds. The fourth-order valence-electron chi connectivity index (χ4n) is 2.68. The number of nitrogens with zero attached hydrogens (tertiary/aromatic N) is 1. The Kier molecular flexibility index (Phi) is 2.83. The van der Waals surface area contributed by atoms with Crippen LogP contribution in [0.25, 0.3) is 22.0 Å². The maximum absolute atomic E-state index is 4.61. The summed E-state index contributed by atoms with van der Waals surface area (Å²) in [5.74, 6) is 0. The summed E-state index contributed by atoms with van der Waals surface area (Å²) >= 11 is 0. The van der Waals surface area contributed by atoms with Crippen LogP contribution < -0.4 is 0 Å². The van der Waals surface area contributed by atoms with Gasteiger partial charge in [0.2, 0.25) is 0 Å². The van der Waals surface area contributed by atoms with E-state index in [-0.39, 0.29) is 0 Å². The molecule has 0 aliphatic rings. The summed E-state index contributed by atoms with van der Waals surface area (Å²) in [6.45, 7) is 6.35. The van der Waals surface area contributed by atoms with Gasteiger partial charge in [-0.2, -0.15) is 0 Å². The zero-order valence-corrected chi connectivity index (χ0v) is 11.6. The Morgan fingerprint density at radius 3 is 2.21 bits per heavy atom. The van der Waals surface area contributed by atoms with Crippen LogP contribution in [-0.4, -0.2) is 4.98 Å². The van der Waals surface area contributed by atoms with Crippen LogP contribution in [0.1, 0.15) is 16.8 Å². The minimum absolute atomic E-state index is 1.06. The molecular weight excluding hydrogens is 230 g/mol. The molecule has 0 saturated heterocycles. The Labute approximate surface area is 113 Å². The first-order valence-corrected chi connectivity index (χ1v) is 6.58. The summed E-state index contributed by atoms with van der Waals surface area (Å²) in [5.41, 5.74) is 7.28. The van der Waals surface area contributed by atoms with Gasteiger partial charge in [0.25, 0.3) is 0 Å². The molecule has 0 fully saturated rings. The molecule has 0 N–H and O–H groups in total. The van der Waals surface area contributed by atoms with E-state index >= 15 is 0 Å². The van der Waals surface area contributed by atoms with Crippen molar-refractivity contribution < 1.29 is 0 Å². The SMILES string of the molecule is Cc1cc(C)cc(-c2cc(C)nc3ccccc23)c1. The monoisotopic (exact) mass is 247 g/mol. The molecule has 3 aromatic rings. The van der Waals surface area contributed by atoms with E-state index in [9.17, 15) is 0 Å². The lowest BCUT2D eigenvalue weighted by Crippen LogP contribution is -1.89. The van der Waals surface area contributed by atoms with Gasteiger partial charge in [-0.3, -0.25) is 4.98 Å². The Morgan fingerprint density at radius 1 is 0.789 bits per heavy atom. The second-order valence-corrected chi connectivity index (χ2v) is 5.20. The molecule has 0 unspecified atom stereocenters. The van der Waals surface area contributed by atoms with Crippen molar-refractivity contribution in [3.05, 3.63) is 65.4 Å². The highest BCUT2D eigenvalue weighted by atomic mass is 14.7. The summed E-state index contributed by atoms with van der Waals surface area (Å²) in [6, 6.07) is 17.2. The van der Waals surface area contributed by atoms with Crippen molar-refractivity contribution in [2.45, 2.75) is 20.8 Å². The van der Waals surface area contributed by atoms with Gasteiger partial charge >= 0.3 is 0 Å². The number of hydrogen-bond acceptors (Lipinski definition) is 1. The molecule has 0 radical (unpaired) electrons. The minimum atomic E-state index is 1.06. The van der Waals surface area contributed by atoms with E-state index in [0.717, 1.165) is 11.2 Å². The first-order valence-electron chi connectivity index (χ1n) is 6.58. The first-order chi connectivity index (χ1) is 9.13. The Morgan fingerprint density at radius 2 is 1.47 bits per heavy atom. The zero-order chi connectivity index (χ0) is 13.4. The van der Waals surface area contributed by atoms with E-state index in [0.29, 0.717) is 0 Å². The van der Waals surface area contributed by atoms with Gasteiger partial charge in [-0.1, -0.05) is 47.5 Å². The summed E-state index contributed by atoms with van der Waals surface area (Å²) in [6.07, 6.45) is 0. The van der Waals surface area contributed by atoms with E-state index in [2.05, 4.69) is 68.2 Å². The smallest absolute Gasteiger partial charge is 0.0711 e. The van der Waals surface area contributed by atoms with Crippen molar-refractivity contribution in [3.8, 4) is 11.1 Å². The number of benzene rings is 2. The molecule has 1 nitrogen and oxygen atoms in total. The molecule has 94 valence electrons. The Hall–Kier alpha value is -2.15. The third-order valence-electron chi connectivity index (χ3n) is 3.38. The van der Waals surface area contributed by atoms with Crippen LogP contribution in [-0.2, 0) is 0 Å². The van der Waals surface area contributed by atoms with Gasteiger partial charge in [-0.25, -0.2) is 0 Å². The van der Waals surface area contributed by atoms with Gasteiger partial charge in [0, 0.05) is 11.1 Å². The molecule has 0 atom stereocenters. The predicted octanol–water partition coefficient (Wildman–Crippen LogP) is 4.83. The molecular formula is C18H17N. The van der Waals surface area contributed by atoms with Crippen molar-refractivity contribution in [3.63, 3.8) is 0 Å². The lowest BCUT2D eigenvalue weighted by molar-refractivity contribution is 1.25. The van der Waals surface area contributed by atoms with Crippen molar-refractivity contribution >= 4 is 10.9 Å². The van der Waals surface area contributed by atoms with E-state index in [1.54, 1.807) is 0 Å². The quantitative estimate of drug-likeness (QED) is 0.600. The van der Waals surface area contributed by atoms with Crippen LogP contribution >= 0.6 is 0 Å². The number of aromatic nitrogens is 1. The van der Waals surface area contributed by atoms with Crippen molar-refractivity contribution in [2.24, 2.45) is 0 Å². The lowest BCUT2D eigenvalue weighted by Gasteiger charge is -2.10. The average molecular weight is 247 g/mol. The van der Waals surface area contributed by atoms with Gasteiger partial charge < -0.3 is 0 Å². The highest BCUT2D eigenvalue weighted by Gasteiger charge is 2.06. The molecule has 0 bridgehead atoms. The minimum Gasteiger partial charge on any atom is -0.253 e. The molecule has 2 aromatic carbocycles. The van der Waals surface area contributed by atoms with Crippen molar-refractivity contribution in [2.75, 3.05) is 0 Å². The van der Waals surface area contributed by atoms with E-state index in [4.69, 9.17) is 0 Å². The Balaban J connectivity index is 2.35. The number of fused-ring (bicyclic) bond motifs is 1. The van der Waals surface area contributed by atoms with Crippen LogP contribution in [0.5, 0.6) is 0 Å². The lowest BCUT2D eigenvalue weighted by atomic mass is 9.97. The zero-order valence-electron chi connectivity index (χ0n) is 11.6. The third kappa shape index (κ3) is 2.24. The maximum Gasteiger partial charge on any atom is 0.0711 e. The maximum atomic E-state index is 4.61. The normalized spacial score (nSPS) is 10.9. The fourth-order valence-corrected chi connectivity index (χ4v) is 2.68. The van der Waals surface area contributed by atoms with E-state index in [1.165, 1.54) is 27.6 Å². The van der Waals surface area contributed by atoms with E-state index < -0.39 is 0 Å². The average Bonchev–Trinajstić information content (AvgIpc) is 2.36. The van der Waals surface area contributed by atoms with Gasteiger partial charge in [0.05, 0.1) is 5.52 Å². The van der Waals surface area contributed by atoms with Crippen LogP contribution in [0, 0.1) is 20.8 Å².